The van der Waals surface area contributed by atoms with Crippen LogP contribution in [0.2, 0.25) is 0 Å². The summed E-state index contributed by atoms with van der Waals surface area (Å²) in [5.41, 5.74) is 5.68. The maximum absolute atomic E-state index is 14.3. The highest BCUT2D eigenvalue weighted by molar-refractivity contribution is 5.98. The van der Waals surface area contributed by atoms with Gasteiger partial charge in [0.1, 0.15) is 48.6 Å². The van der Waals surface area contributed by atoms with Crippen LogP contribution < -0.4 is 64.2 Å². The van der Waals surface area contributed by atoms with Crippen molar-refractivity contribution in [2.75, 3.05) is 39.3 Å². The van der Waals surface area contributed by atoms with Crippen LogP contribution in [0.3, 0.4) is 0 Å². The number of carbonyl (C=O) groups is 12. The van der Waals surface area contributed by atoms with Crippen LogP contribution >= 0.6 is 0 Å². The van der Waals surface area contributed by atoms with Crippen molar-refractivity contribution in [3.8, 4) is 0 Å². The Labute approximate surface area is 448 Å². The second-order valence-corrected chi connectivity index (χ2v) is 19.0. The number of carbonyl (C=O) groups excluding carboxylic acids is 9. The molecule has 5 rings (SSSR count). The van der Waals surface area contributed by atoms with Crippen LogP contribution in [-0.4, -0.2) is 234 Å². The Morgan fingerprint density at radius 1 is 0.759 bits per heavy atom. The molecule has 21 N–H and O–H groups in total. The zero-order chi connectivity index (χ0) is 58.2. The maximum Gasteiger partial charge on any atom is 0.335 e. The minimum atomic E-state index is -2.65. The van der Waals surface area contributed by atoms with E-state index in [1.54, 1.807) is 0 Å². The number of nitrogens with zero attached hydrogens (tertiary/aromatic N) is 2. The number of carboxylic acid groups (broad SMARTS) is 3. The Kier molecular flexibility index (Phi) is 22.3. The highest BCUT2D eigenvalue weighted by Crippen LogP contribution is 2.32. The molecular formula is C45H67N14O20+. The number of carboxylic acids is 3. The van der Waals surface area contributed by atoms with E-state index in [9.17, 15) is 93.4 Å². The van der Waals surface area contributed by atoms with Crippen LogP contribution in [0.1, 0.15) is 64.2 Å². The number of hydroxylamine groups is 2. The van der Waals surface area contributed by atoms with Crippen LogP contribution in [0.4, 0.5) is 0 Å². The molecule has 436 valence electrons. The molecule has 11 unspecified atom stereocenters. The Balaban J connectivity index is 1.24. The number of fused-ring (bicyclic) bond motifs is 2. The Bertz CT molecular complexity index is 2470. The first-order valence-electron chi connectivity index (χ1n) is 25.2. The van der Waals surface area contributed by atoms with Crippen LogP contribution in [0.15, 0.2) is 23.7 Å². The summed E-state index contributed by atoms with van der Waals surface area (Å²) in [7, 11) is 0. The fourth-order valence-corrected chi connectivity index (χ4v) is 9.35. The molecule has 4 aliphatic heterocycles. The van der Waals surface area contributed by atoms with Crippen LogP contribution in [0.25, 0.3) is 0 Å². The SMILES string of the molecule is NCCCC(NC(=O)C(CC(=O)O)NC(=O)[C@@H]1CCNC2=[N+]1C1C=C(O)C(O)=CC1CC2NC(=O)CCC(=O)O)C(=O)NC(C(=O)NC1NCCC(C(=O)NCC(=O)NC(CO)C(=O)NC2CCCN(O)C2=O)N1)C(O)C(=O)O. The van der Waals surface area contributed by atoms with Crippen molar-refractivity contribution in [2.24, 2.45) is 11.7 Å². The van der Waals surface area contributed by atoms with Gasteiger partial charge in [-0.05, 0) is 51.1 Å². The first-order chi connectivity index (χ1) is 37.4. The molecule has 0 radical (unpaired) electrons. The summed E-state index contributed by atoms with van der Waals surface area (Å²) in [4.78, 5) is 155. The van der Waals surface area contributed by atoms with E-state index in [1.165, 1.54) is 16.7 Å². The van der Waals surface area contributed by atoms with Gasteiger partial charge < -0.3 is 84.0 Å². The minimum Gasteiger partial charge on any atom is -0.504 e. The van der Waals surface area contributed by atoms with Gasteiger partial charge in [-0.25, -0.2) is 14.4 Å². The predicted octanol–water partition coefficient (Wildman–Crippen LogP) is -9.05. The molecule has 4 heterocycles. The molecule has 34 nitrogen and oxygen atoms in total. The van der Waals surface area contributed by atoms with Crippen molar-refractivity contribution in [1.29, 1.82) is 0 Å². The number of aliphatic carboxylic acids is 3. The van der Waals surface area contributed by atoms with E-state index in [0.717, 1.165) is 0 Å². The first-order valence-corrected chi connectivity index (χ1v) is 25.2. The lowest BCUT2D eigenvalue weighted by Crippen LogP contribution is -2.68. The van der Waals surface area contributed by atoms with Gasteiger partial charge in [-0.1, -0.05) is 0 Å². The third-order valence-electron chi connectivity index (χ3n) is 13.3. The molecule has 0 aromatic carbocycles. The van der Waals surface area contributed by atoms with Gasteiger partial charge in [0.25, 0.3) is 17.6 Å². The molecule has 34 heteroatoms. The van der Waals surface area contributed by atoms with Gasteiger partial charge in [-0.3, -0.25) is 73.9 Å². The fraction of sp³-hybridized carbons (Fsp3) is 0.622. The van der Waals surface area contributed by atoms with E-state index >= 15 is 0 Å². The zero-order valence-electron chi connectivity index (χ0n) is 42.3. The fourth-order valence-electron chi connectivity index (χ4n) is 9.35. The monoisotopic (exact) mass is 1120 g/mol. The number of aliphatic hydroxyl groups excluding tert-OH is 4. The van der Waals surface area contributed by atoms with E-state index in [1.807, 2.05) is 0 Å². The normalized spacial score (nSPS) is 24.5. The average molecular weight is 1120 g/mol. The summed E-state index contributed by atoms with van der Waals surface area (Å²) >= 11 is 0. The summed E-state index contributed by atoms with van der Waals surface area (Å²) in [6, 6.07) is -12.8. The molecule has 0 spiro atoms. The molecule has 2 fully saturated rings. The number of nitrogens with one attached hydrogen (secondary N) is 11. The minimum absolute atomic E-state index is 0.00593. The summed E-state index contributed by atoms with van der Waals surface area (Å²) in [5.74, 6) is -15.2. The summed E-state index contributed by atoms with van der Waals surface area (Å²) < 4.78 is 1.48. The lowest BCUT2D eigenvalue weighted by Gasteiger charge is -2.40. The number of amidine groups is 1. The summed E-state index contributed by atoms with van der Waals surface area (Å²) in [5, 5.41) is 107. The van der Waals surface area contributed by atoms with Crippen molar-refractivity contribution in [3.05, 3.63) is 23.7 Å². The molecule has 0 aromatic rings. The molecule has 0 bridgehead atoms. The second kappa shape index (κ2) is 28.5. The van der Waals surface area contributed by atoms with Crippen LogP contribution in [0.5, 0.6) is 0 Å². The van der Waals surface area contributed by atoms with Crippen LogP contribution in [-0.2, 0) is 57.5 Å². The van der Waals surface area contributed by atoms with Gasteiger partial charge in [0.2, 0.25) is 41.4 Å². The smallest absolute Gasteiger partial charge is 0.335 e. The van der Waals surface area contributed by atoms with Crippen molar-refractivity contribution < 1.29 is 103 Å². The van der Waals surface area contributed by atoms with Gasteiger partial charge in [-0.2, -0.15) is 0 Å². The Morgan fingerprint density at radius 2 is 1.47 bits per heavy atom. The Hall–Kier alpha value is -8.05. The van der Waals surface area contributed by atoms with E-state index in [-0.39, 0.29) is 70.5 Å². The molecule has 0 aromatic heterocycles. The summed E-state index contributed by atoms with van der Waals surface area (Å²) in [6.45, 7) is -1.55. The van der Waals surface area contributed by atoms with Gasteiger partial charge >= 0.3 is 17.9 Å². The van der Waals surface area contributed by atoms with Crippen molar-refractivity contribution >= 4 is 76.9 Å². The number of piperidine rings is 1. The third-order valence-corrected chi connectivity index (χ3v) is 13.3. The number of aliphatic hydroxyl groups is 4. The summed E-state index contributed by atoms with van der Waals surface area (Å²) in [6.07, 6.45) is -3.01. The lowest BCUT2D eigenvalue weighted by atomic mass is 9.82. The molecule has 12 atom stereocenters. The number of amides is 9. The Morgan fingerprint density at radius 3 is 2.14 bits per heavy atom. The van der Waals surface area contributed by atoms with Crippen LogP contribution in [0, 0.1) is 5.92 Å². The van der Waals surface area contributed by atoms with Gasteiger partial charge in [-0.15, -0.1) is 0 Å². The maximum atomic E-state index is 14.3. The number of rotatable bonds is 26. The van der Waals surface area contributed by atoms with E-state index < -0.39 is 188 Å². The quantitative estimate of drug-likeness (QED) is 0.0282. The van der Waals surface area contributed by atoms with Crippen molar-refractivity contribution in [3.63, 3.8) is 0 Å². The van der Waals surface area contributed by atoms with Gasteiger partial charge in [0.15, 0.2) is 23.7 Å². The molecule has 9 amide bonds. The number of nitrogens with two attached hydrogens (primary N) is 1. The molecule has 79 heavy (non-hydrogen) atoms. The molecular weight excluding hydrogens is 1060 g/mol. The second-order valence-electron chi connectivity index (χ2n) is 19.0. The lowest BCUT2D eigenvalue weighted by molar-refractivity contribution is -0.596. The first kappa shape index (κ1) is 61.8. The van der Waals surface area contributed by atoms with E-state index in [2.05, 4.69) is 58.5 Å². The molecule has 1 aliphatic carbocycles. The number of hydrogen-bond donors (Lipinski definition) is 20. The largest absolute Gasteiger partial charge is 0.504 e. The van der Waals surface area contributed by atoms with Crippen molar-refractivity contribution in [2.45, 2.75) is 131 Å². The standard InChI is InChI=1S/C45H66N14O20/c46-9-1-3-20(52-39(72)24(15-33(67)68)54-41(74)26-8-11-47-36-23(50-30(63)5-6-32(65)66)13-19-14-28(61)29(62)16-27(19)59(26)36)38(71)56-34(35(69)44(77)78)42(75)57-45-48-10-7-21(55-45)37(70)49-17-31(64)51-25(18-60)40(73)53-22-4-2-12-58(79)43(22)76/h14,16,19-27,34-35,45,48,55,60,69,79H,1-13,15,17-18,46H2,(H13,49,50,51,52,53,54,56,57,61,62,63,64,65,66,67,68,70,71,72,73,74,75,77,78)/p+1/t19?,20?,21?,22?,23?,24?,25?,26-,27?,34?,35?,45?/m0/s1. The predicted molar refractivity (Wildman–Crippen MR) is 262 cm³/mol. The van der Waals surface area contributed by atoms with Gasteiger partial charge in [0.05, 0.1) is 38.6 Å². The van der Waals surface area contributed by atoms with Crippen molar-refractivity contribution in [1.82, 2.24) is 63.5 Å². The molecule has 0 saturated carbocycles. The topological polar surface area (TPSA) is 531 Å². The zero-order valence-corrected chi connectivity index (χ0v) is 42.3. The molecule has 2 saturated heterocycles. The average Bonchev–Trinajstić information content (AvgIpc) is 3.55. The third kappa shape index (κ3) is 17.0. The molecule has 5 aliphatic rings. The van der Waals surface area contributed by atoms with E-state index in [4.69, 9.17) is 10.8 Å². The van der Waals surface area contributed by atoms with E-state index in [0.29, 0.717) is 11.5 Å². The highest BCUT2D eigenvalue weighted by atomic mass is 16.5. The highest BCUT2D eigenvalue weighted by Gasteiger charge is 2.49. The number of hydrogen-bond acceptors (Lipinski definition) is 21. The van der Waals surface area contributed by atoms with Gasteiger partial charge in [0, 0.05) is 37.9 Å².